The summed E-state index contributed by atoms with van der Waals surface area (Å²) in [6.45, 7) is 4.64. The number of hydrogen-bond donors (Lipinski definition) is 6. The summed E-state index contributed by atoms with van der Waals surface area (Å²) in [5.74, 6) is -0.174. The topological polar surface area (TPSA) is 162 Å². The van der Waals surface area contributed by atoms with E-state index in [1.807, 2.05) is 25.8 Å². The van der Waals surface area contributed by atoms with Gasteiger partial charge in [-0.15, -0.1) is 0 Å². The summed E-state index contributed by atoms with van der Waals surface area (Å²) in [6.07, 6.45) is -8.87. The van der Waals surface area contributed by atoms with Gasteiger partial charge in [0.2, 0.25) is 0 Å². The number of aliphatic hydroxyl groups excluding tert-OH is 6. The normalized spacial score (nSPS) is 42.6. The van der Waals surface area contributed by atoms with Crippen LogP contribution in [-0.4, -0.2) is 131 Å². The first-order valence-electron chi connectivity index (χ1n) is 10.4. The van der Waals surface area contributed by atoms with Gasteiger partial charge in [0.1, 0.15) is 30.5 Å². The standard InChI is InChI=1S/C19H37NO10/c1-4-11-10(2)13(22)16(25)18(29-11)27-7-5-20(3)6-8-28-19-17(26)15(24)14(23)12(9-21)30-19/h10-19,21-26H,4-9H2,1-3H3/t10-,11?,12?,13?,14-,15?,16?,17?,18+,19+/m1/s1. The fourth-order valence-corrected chi connectivity index (χ4v) is 3.64. The van der Waals surface area contributed by atoms with Crippen LogP contribution in [0.3, 0.4) is 0 Å². The van der Waals surface area contributed by atoms with Crippen LogP contribution in [0.25, 0.3) is 0 Å². The summed E-state index contributed by atoms with van der Waals surface area (Å²) in [6, 6.07) is 0. The van der Waals surface area contributed by atoms with Crippen molar-refractivity contribution in [3.05, 3.63) is 0 Å². The molecule has 0 radical (unpaired) electrons. The molecule has 0 bridgehead atoms. The molecule has 11 heteroatoms. The molecule has 0 aromatic carbocycles. The molecule has 2 aliphatic heterocycles. The molecule has 11 nitrogen and oxygen atoms in total. The lowest BCUT2D eigenvalue weighted by molar-refractivity contribution is -0.301. The van der Waals surface area contributed by atoms with Gasteiger partial charge in [0.15, 0.2) is 12.6 Å². The van der Waals surface area contributed by atoms with Crippen LogP contribution in [0.15, 0.2) is 0 Å². The monoisotopic (exact) mass is 439 g/mol. The van der Waals surface area contributed by atoms with E-state index in [2.05, 4.69) is 0 Å². The Morgan fingerprint density at radius 3 is 1.77 bits per heavy atom. The molecule has 2 saturated heterocycles. The summed E-state index contributed by atoms with van der Waals surface area (Å²) in [5, 5.41) is 58.9. The van der Waals surface area contributed by atoms with Gasteiger partial charge in [-0.1, -0.05) is 13.8 Å². The molecule has 6 unspecified atom stereocenters. The number of ether oxygens (including phenoxy) is 4. The van der Waals surface area contributed by atoms with Gasteiger partial charge >= 0.3 is 0 Å². The number of rotatable bonds is 10. The van der Waals surface area contributed by atoms with Crippen LogP contribution in [-0.2, 0) is 18.9 Å². The van der Waals surface area contributed by atoms with Crippen LogP contribution >= 0.6 is 0 Å². The minimum Gasteiger partial charge on any atom is -0.394 e. The smallest absolute Gasteiger partial charge is 0.186 e. The molecule has 0 saturated carbocycles. The van der Waals surface area contributed by atoms with E-state index in [9.17, 15) is 30.6 Å². The van der Waals surface area contributed by atoms with Crippen molar-refractivity contribution in [3.8, 4) is 0 Å². The zero-order valence-electron chi connectivity index (χ0n) is 17.8. The molecule has 2 heterocycles. The molecule has 2 aliphatic rings. The molecule has 0 spiro atoms. The van der Waals surface area contributed by atoms with E-state index in [1.165, 1.54) is 0 Å². The summed E-state index contributed by atoms with van der Waals surface area (Å²) in [4.78, 5) is 1.88. The van der Waals surface area contributed by atoms with Crippen molar-refractivity contribution in [2.75, 3.05) is 40.0 Å². The Balaban J connectivity index is 1.68. The second kappa shape index (κ2) is 12.0. The lowest BCUT2D eigenvalue weighted by Crippen LogP contribution is -2.59. The highest BCUT2D eigenvalue weighted by molar-refractivity contribution is 4.89. The Morgan fingerprint density at radius 2 is 1.27 bits per heavy atom. The van der Waals surface area contributed by atoms with Gasteiger partial charge in [0.25, 0.3) is 0 Å². The van der Waals surface area contributed by atoms with Crippen LogP contribution < -0.4 is 0 Å². The number of hydrogen-bond acceptors (Lipinski definition) is 11. The van der Waals surface area contributed by atoms with E-state index >= 15 is 0 Å². The molecular formula is C19H37NO10. The maximum Gasteiger partial charge on any atom is 0.186 e. The molecule has 10 atom stereocenters. The van der Waals surface area contributed by atoms with Crippen LogP contribution in [0.2, 0.25) is 0 Å². The van der Waals surface area contributed by atoms with E-state index in [4.69, 9.17) is 18.9 Å². The molecule has 0 amide bonds. The Bertz CT molecular complexity index is 454. The Hall–Kier alpha value is -0.440. The van der Waals surface area contributed by atoms with E-state index in [0.29, 0.717) is 19.5 Å². The van der Waals surface area contributed by atoms with Crippen molar-refractivity contribution in [1.29, 1.82) is 0 Å². The number of aliphatic hydroxyl groups is 6. The molecule has 6 N–H and O–H groups in total. The van der Waals surface area contributed by atoms with E-state index < -0.39 is 55.8 Å². The first-order chi connectivity index (χ1) is 14.2. The van der Waals surface area contributed by atoms with Gasteiger partial charge in [-0.3, -0.25) is 0 Å². The summed E-state index contributed by atoms with van der Waals surface area (Å²) < 4.78 is 22.1. The average Bonchev–Trinajstić information content (AvgIpc) is 2.73. The van der Waals surface area contributed by atoms with Crippen LogP contribution in [0.1, 0.15) is 20.3 Å². The third kappa shape index (κ3) is 6.30. The summed E-state index contributed by atoms with van der Waals surface area (Å²) in [7, 11) is 1.82. The maximum atomic E-state index is 10.2. The Labute approximate surface area is 176 Å². The Kier molecular flexibility index (Phi) is 10.3. The second-order valence-corrected chi connectivity index (χ2v) is 8.03. The zero-order chi connectivity index (χ0) is 22.4. The largest absolute Gasteiger partial charge is 0.394 e. The number of nitrogens with zero attached hydrogens (tertiary/aromatic N) is 1. The fraction of sp³-hybridized carbons (Fsp3) is 1.00. The van der Waals surface area contributed by atoms with Crippen molar-refractivity contribution in [2.24, 2.45) is 5.92 Å². The SMILES string of the molecule is CCC1O[C@H](OCCN(C)CCO[C@H]2OC(CO)[C@@H](O)C(O)C2O)C(O)C(O)[C@@H]1C. The van der Waals surface area contributed by atoms with Gasteiger partial charge in [-0.2, -0.15) is 0 Å². The molecule has 2 fully saturated rings. The molecular weight excluding hydrogens is 402 g/mol. The molecule has 0 aromatic rings. The molecule has 0 aliphatic carbocycles. The fourth-order valence-electron chi connectivity index (χ4n) is 3.64. The van der Waals surface area contributed by atoms with Gasteiger partial charge in [0, 0.05) is 19.0 Å². The zero-order valence-corrected chi connectivity index (χ0v) is 17.8. The highest BCUT2D eigenvalue weighted by Gasteiger charge is 2.44. The van der Waals surface area contributed by atoms with Gasteiger partial charge in [-0.05, 0) is 13.5 Å². The van der Waals surface area contributed by atoms with E-state index in [0.717, 1.165) is 0 Å². The van der Waals surface area contributed by atoms with Gasteiger partial charge < -0.3 is 54.5 Å². The van der Waals surface area contributed by atoms with Crippen LogP contribution in [0.4, 0.5) is 0 Å². The molecule has 178 valence electrons. The minimum absolute atomic E-state index is 0.163. The molecule has 2 rings (SSSR count). The quantitative estimate of drug-likeness (QED) is 0.209. The third-order valence-corrected chi connectivity index (χ3v) is 5.82. The summed E-state index contributed by atoms with van der Waals surface area (Å²) in [5.41, 5.74) is 0. The average molecular weight is 440 g/mol. The van der Waals surface area contributed by atoms with Crippen molar-refractivity contribution in [3.63, 3.8) is 0 Å². The summed E-state index contributed by atoms with van der Waals surface area (Å²) >= 11 is 0. The van der Waals surface area contributed by atoms with Gasteiger partial charge in [0.05, 0.1) is 32.0 Å². The minimum atomic E-state index is -1.47. The highest BCUT2D eigenvalue weighted by atomic mass is 16.7. The first kappa shape index (κ1) is 25.8. The van der Waals surface area contributed by atoms with E-state index in [-0.39, 0.29) is 25.2 Å². The highest BCUT2D eigenvalue weighted by Crippen LogP contribution is 2.28. The molecule has 30 heavy (non-hydrogen) atoms. The van der Waals surface area contributed by atoms with Crippen molar-refractivity contribution in [1.82, 2.24) is 4.90 Å². The number of likely N-dealkylation sites (N-methyl/N-ethyl adjacent to an activating group) is 1. The van der Waals surface area contributed by atoms with Crippen LogP contribution in [0.5, 0.6) is 0 Å². The Morgan fingerprint density at radius 1 is 0.767 bits per heavy atom. The van der Waals surface area contributed by atoms with Crippen molar-refractivity contribution < 1.29 is 49.6 Å². The van der Waals surface area contributed by atoms with Crippen molar-refractivity contribution in [2.45, 2.75) is 75.6 Å². The lowest BCUT2D eigenvalue weighted by Gasteiger charge is -2.41. The van der Waals surface area contributed by atoms with E-state index in [1.54, 1.807) is 0 Å². The maximum absolute atomic E-state index is 10.2. The van der Waals surface area contributed by atoms with Gasteiger partial charge in [-0.25, -0.2) is 0 Å². The third-order valence-electron chi connectivity index (χ3n) is 5.82. The van der Waals surface area contributed by atoms with Crippen LogP contribution in [0, 0.1) is 5.92 Å². The van der Waals surface area contributed by atoms with Crippen molar-refractivity contribution >= 4 is 0 Å². The lowest BCUT2D eigenvalue weighted by atomic mass is 9.89. The predicted molar refractivity (Wildman–Crippen MR) is 103 cm³/mol. The first-order valence-corrected chi connectivity index (χ1v) is 10.4. The predicted octanol–water partition coefficient (Wildman–Crippen LogP) is -2.76. The second-order valence-electron chi connectivity index (χ2n) is 8.03. The molecule has 0 aromatic heterocycles.